The van der Waals surface area contributed by atoms with Gasteiger partial charge in [0.05, 0.1) is 5.01 Å². The van der Waals surface area contributed by atoms with E-state index < -0.39 is 0 Å². The fraction of sp³-hybridized carbons (Fsp3) is 0.444. The first kappa shape index (κ1) is 20.9. The number of nitrogens with zero attached hydrogens (tertiary/aromatic N) is 2. The van der Waals surface area contributed by atoms with Gasteiger partial charge in [-0.25, -0.2) is 4.98 Å². The number of aromatic nitrogens is 1. The molecule has 24 heavy (non-hydrogen) atoms. The molecule has 1 heterocycles. The Bertz CT molecular complexity index is 627. The third kappa shape index (κ3) is 6.39. The molecular formula is C18H27IN4S. The molecule has 0 aliphatic rings. The quantitative estimate of drug-likeness (QED) is 0.391. The summed E-state index contributed by atoms with van der Waals surface area (Å²) in [5.41, 5.74) is 1.33. The summed E-state index contributed by atoms with van der Waals surface area (Å²) in [5.74, 6) is 1.25. The fourth-order valence-corrected chi connectivity index (χ4v) is 3.17. The molecule has 2 N–H and O–H groups in total. The van der Waals surface area contributed by atoms with E-state index in [-0.39, 0.29) is 24.0 Å². The highest BCUT2D eigenvalue weighted by Gasteiger charge is 2.15. The van der Waals surface area contributed by atoms with Crippen LogP contribution in [0.5, 0.6) is 0 Å². The summed E-state index contributed by atoms with van der Waals surface area (Å²) in [4.78, 5) is 9.96. The standard InChI is InChI=1S/C18H26N4S.HI/c1-13-12-21-17(23-13)10-11-20-18(19-4)22-15(3)14(2)16-8-6-5-7-9-16;/h5-9,12,14-15H,10-11H2,1-4H3,(H2,19,20,22);1H. The molecule has 2 unspecified atom stereocenters. The van der Waals surface area contributed by atoms with E-state index in [1.807, 2.05) is 13.2 Å². The fourth-order valence-electron chi connectivity index (χ4n) is 2.39. The second-order valence-corrected chi connectivity index (χ2v) is 7.07. The molecule has 132 valence electrons. The van der Waals surface area contributed by atoms with Gasteiger partial charge in [-0.15, -0.1) is 35.3 Å². The lowest BCUT2D eigenvalue weighted by Crippen LogP contribution is -2.44. The average Bonchev–Trinajstić information content (AvgIpc) is 2.99. The van der Waals surface area contributed by atoms with Crippen LogP contribution in [-0.4, -0.2) is 30.6 Å². The van der Waals surface area contributed by atoms with Crippen LogP contribution in [0.15, 0.2) is 41.5 Å². The Morgan fingerprint density at radius 3 is 2.54 bits per heavy atom. The van der Waals surface area contributed by atoms with Crippen molar-refractivity contribution in [2.45, 2.75) is 39.2 Å². The maximum absolute atomic E-state index is 4.39. The van der Waals surface area contributed by atoms with Crippen LogP contribution in [0.25, 0.3) is 0 Å². The number of halogens is 1. The molecule has 0 fully saturated rings. The molecule has 0 saturated carbocycles. The van der Waals surface area contributed by atoms with Gasteiger partial charge in [-0.3, -0.25) is 4.99 Å². The van der Waals surface area contributed by atoms with Gasteiger partial charge >= 0.3 is 0 Å². The Labute approximate surface area is 166 Å². The van der Waals surface area contributed by atoms with Crippen LogP contribution >= 0.6 is 35.3 Å². The van der Waals surface area contributed by atoms with E-state index >= 15 is 0 Å². The van der Waals surface area contributed by atoms with Crippen molar-refractivity contribution >= 4 is 41.3 Å². The Balaban J connectivity index is 0.00000288. The van der Waals surface area contributed by atoms with E-state index in [9.17, 15) is 0 Å². The summed E-state index contributed by atoms with van der Waals surface area (Å²) in [6, 6.07) is 10.9. The number of nitrogens with one attached hydrogen (secondary N) is 2. The summed E-state index contributed by atoms with van der Waals surface area (Å²) >= 11 is 1.75. The van der Waals surface area contributed by atoms with Crippen molar-refractivity contribution in [2.24, 2.45) is 4.99 Å². The summed E-state index contributed by atoms with van der Waals surface area (Å²) in [5, 5.41) is 8.01. The summed E-state index contributed by atoms with van der Waals surface area (Å²) in [7, 11) is 1.81. The summed E-state index contributed by atoms with van der Waals surface area (Å²) < 4.78 is 0. The minimum Gasteiger partial charge on any atom is -0.356 e. The van der Waals surface area contributed by atoms with Crippen molar-refractivity contribution < 1.29 is 0 Å². The minimum absolute atomic E-state index is 0. The SMILES string of the molecule is CN=C(NCCc1ncc(C)s1)NC(C)C(C)c1ccccc1.I. The molecule has 0 bridgehead atoms. The first-order chi connectivity index (χ1) is 11.1. The Morgan fingerprint density at radius 1 is 1.25 bits per heavy atom. The number of rotatable bonds is 6. The molecule has 2 aromatic rings. The van der Waals surface area contributed by atoms with Crippen LogP contribution in [0, 0.1) is 6.92 Å². The van der Waals surface area contributed by atoms with E-state index in [1.54, 1.807) is 11.3 Å². The van der Waals surface area contributed by atoms with E-state index in [0.717, 1.165) is 23.9 Å². The summed E-state index contributed by atoms with van der Waals surface area (Å²) in [6.07, 6.45) is 2.85. The Hall–Kier alpha value is -1.15. The molecule has 4 nitrogen and oxygen atoms in total. The van der Waals surface area contributed by atoms with Crippen molar-refractivity contribution in [3.63, 3.8) is 0 Å². The smallest absolute Gasteiger partial charge is 0.191 e. The van der Waals surface area contributed by atoms with E-state index in [4.69, 9.17) is 0 Å². The predicted octanol–water partition coefficient (Wildman–Crippen LogP) is 3.97. The topological polar surface area (TPSA) is 49.3 Å². The minimum atomic E-state index is 0. The van der Waals surface area contributed by atoms with Crippen LogP contribution in [0.1, 0.15) is 35.2 Å². The maximum atomic E-state index is 4.39. The normalized spacial score (nSPS) is 13.8. The Morgan fingerprint density at radius 2 is 1.96 bits per heavy atom. The third-order valence-corrected chi connectivity index (χ3v) is 4.94. The molecule has 1 aromatic carbocycles. The highest BCUT2D eigenvalue weighted by Crippen LogP contribution is 2.18. The zero-order chi connectivity index (χ0) is 16.7. The number of guanidine groups is 1. The predicted molar refractivity (Wildman–Crippen MR) is 115 cm³/mol. The van der Waals surface area contributed by atoms with Crippen molar-refractivity contribution in [3.05, 3.63) is 52.0 Å². The lowest BCUT2D eigenvalue weighted by Gasteiger charge is -2.24. The van der Waals surface area contributed by atoms with Crippen molar-refractivity contribution in [2.75, 3.05) is 13.6 Å². The second-order valence-electron chi connectivity index (χ2n) is 5.75. The number of aryl methyl sites for hydroxylation is 1. The Kier molecular flexibility index (Phi) is 9.28. The molecule has 0 saturated heterocycles. The number of aliphatic imine (C=N–C) groups is 1. The van der Waals surface area contributed by atoms with Crippen molar-refractivity contribution in [1.29, 1.82) is 0 Å². The number of thiazole rings is 1. The molecule has 0 spiro atoms. The summed E-state index contributed by atoms with van der Waals surface area (Å²) in [6.45, 7) is 7.34. The van der Waals surface area contributed by atoms with Gasteiger partial charge in [0.25, 0.3) is 0 Å². The molecule has 0 amide bonds. The third-order valence-electron chi connectivity index (χ3n) is 3.96. The highest BCUT2D eigenvalue weighted by molar-refractivity contribution is 14.0. The van der Waals surface area contributed by atoms with Gasteiger partial charge in [0.1, 0.15) is 0 Å². The average molecular weight is 458 g/mol. The number of hydrogen-bond acceptors (Lipinski definition) is 3. The first-order valence-electron chi connectivity index (χ1n) is 8.03. The van der Waals surface area contributed by atoms with E-state index in [2.05, 4.69) is 71.7 Å². The molecule has 0 radical (unpaired) electrons. The largest absolute Gasteiger partial charge is 0.356 e. The van der Waals surface area contributed by atoms with Crippen molar-refractivity contribution in [1.82, 2.24) is 15.6 Å². The van der Waals surface area contributed by atoms with Gasteiger partial charge < -0.3 is 10.6 Å². The lowest BCUT2D eigenvalue weighted by molar-refractivity contribution is 0.550. The lowest BCUT2D eigenvalue weighted by atomic mass is 9.94. The van der Waals surface area contributed by atoms with Crippen LogP contribution in [0.4, 0.5) is 0 Å². The number of benzene rings is 1. The first-order valence-corrected chi connectivity index (χ1v) is 8.85. The zero-order valence-electron chi connectivity index (χ0n) is 14.7. The molecule has 6 heteroatoms. The van der Waals surface area contributed by atoms with Crippen LogP contribution in [0.2, 0.25) is 0 Å². The highest BCUT2D eigenvalue weighted by atomic mass is 127. The van der Waals surface area contributed by atoms with Gasteiger partial charge in [0.15, 0.2) is 5.96 Å². The second kappa shape index (κ2) is 10.7. The molecule has 2 atom stereocenters. The van der Waals surface area contributed by atoms with Crippen LogP contribution in [0.3, 0.4) is 0 Å². The van der Waals surface area contributed by atoms with Gasteiger partial charge in [0.2, 0.25) is 0 Å². The van der Waals surface area contributed by atoms with Crippen LogP contribution < -0.4 is 10.6 Å². The molecule has 2 rings (SSSR count). The van der Waals surface area contributed by atoms with Gasteiger partial charge in [0, 0.05) is 43.0 Å². The molecular weight excluding hydrogens is 431 g/mol. The molecule has 0 aliphatic heterocycles. The van der Waals surface area contributed by atoms with Crippen molar-refractivity contribution in [3.8, 4) is 0 Å². The van der Waals surface area contributed by atoms with Gasteiger partial charge in [-0.2, -0.15) is 0 Å². The number of hydrogen-bond donors (Lipinski definition) is 2. The monoisotopic (exact) mass is 458 g/mol. The van der Waals surface area contributed by atoms with Gasteiger partial charge in [-0.05, 0) is 19.4 Å². The van der Waals surface area contributed by atoms with E-state index in [0.29, 0.717) is 12.0 Å². The molecule has 1 aromatic heterocycles. The van der Waals surface area contributed by atoms with Gasteiger partial charge in [-0.1, -0.05) is 37.3 Å². The van der Waals surface area contributed by atoms with E-state index in [1.165, 1.54) is 10.4 Å². The zero-order valence-corrected chi connectivity index (χ0v) is 17.9. The maximum Gasteiger partial charge on any atom is 0.191 e. The molecule has 0 aliphatic carbocycles. The van der Waals surface area contributed by atoms with Crippen LogP contribution in [-0.2, 0) is 6.42 Å².